The number of phosphoric ester groups is 1. The van der Waals surface area contributed by atoms with Gasteiger partial charge in [-0.25, -0.2) is 9.36 Å². The molecule has 0 aromatic carbocycles. The van der Waals surface area contributed by atoms with E-state index in [1.165, 1.54) is 128 Å². The Morgan fingerprint density at radius 2 is 0.930 bits per heavy atom. The molecular formula is C45H86NO10P. The maximum absolute atomic E-state index is 12.3. The first-order valence-electron chi connectivity index (χ1n) is 23.2. The summed E-state index contributed by atoms with van der Waals surface area (Å²) in [5.41, 5.74) is 0. The minimum absolute atomic E-state index is 0.137. The molecule has 0 bridgehead atoms. The quantitative estimate of drug-likeness (QED) is 0.0201. The van der Waals surface area contributed by atoms with Crippen LogP contribution in [0.3, 0.4) is 0 Å². The second-order valence-corrected chi connectivity index (χ2v) is 17.4. The molecule has 3 unspecified atom stereocenters. The van der Waals surface area contributed by atoms with Crippen molar-refractivity contribution in [3.05, 3.63) is 12.2 Å². The maximum atomic E-state index is 12.3. The fourth-order valence-electron chi connectivity index (χ4n) is 6.65. The Morgan fingerprint density at radius 1 is 0.544 bits per heavy atom. The summed E-state index contributed by atoms with van der Waals surface area (Å²) in [5, 5.41) is 21.8. The van der Waals surface area contributed by atoms with E-state index in [9.17, 15) is 34.1 Å². The number of carboxylic acids is 1. The van der Waals surface area contributed by atoms with Crippen molar-refractivity contribution in [3.63, 3.8) is 0 Å². The van der Waals surface area contributed by atoms with Crippen LogP contribution in [0.5, 0.6) is 0 Å². The van der Waals surface area contributed by atoms with Gasteiger partial charge in [0.2, 0.25) is 5.91 Å². The summed E-state index contributed by atoms with van der Waals surface area (Å²) in [6.45, 7) is 2.57. The molecule has 0 saturated carbocycles. The molecule has 0 aromatic heterocycles. The molecule has 0 rings (SSSR count). The molecule has 0 spiro atoms. The van der Waals surface area contributed by atoms with Crippen LogP contribution in [0.1, 0.15) is 226 Å². The first kappa shape index (κ1) is 55.2. The van der Waals surface area contributed by atoms with E-state index in [1.807, 2.05) is 0 Å². The molecule has 57 heavy (non-hydrogen) atoms. The van der Waals surface area contributed by atoms with Crippen LogP contribution in [-0.2, 0) is 32.7 Å². The number of esters is 1. The number of hydrogen-bond donors (Lipinski definition) is 4. The number of carbonyl (C=O) groups is 3. The average molecular weight is 832 g/mol. The van der Waals surface area contributed by atoms with Crippen LogP contribution in [-0.4, -0.2) is 64.9 Å². The number of nitrogens with one attached hydrogen (secondary N) is 1. The fraction of sp³-hybridized carbons (Fsp3) is 0.889. The number of phosphoric acid groups is 1. The maximum Gasteiger partial charge on any atom is 0.472 e. The molecule has 1 amide bonds. The van der Waals surface area contributed by atoms with Gasteiger partial charge in [-0.05, 0) is 32.1 Å². The number of allylic oxidation sites excluding steroid dienone is 2. The molecule has 0 aliphatic carbocycles. The molecule has 0 heterocycles. The normalized spacial score (nSPS) is 13.8. The van der Waals surface area contributed by atoms with Crippen molar-refractivity contribution in [2.24, 2.45) is 0 Å². The predicted molar refractivity (Wildman–Crippen MR) is 231 cm³/mol. The topological polar surface area (TPSA) is 169 Å². The zero-order valence-corrected chi connectivity index (χ0v) is 37.3. The highest BCUT2D eigenvalue weighted by molar-refractivity contribution is 7.47. The van der Waals surface area contributed by atoms with Gasteiger partial charge in [0, 0.05) is 12.8 Å². The smallest absolute Gasteiger partial charge is 0.472 e. The van der Waals surface area contributed by atoms with E-state index in [1.54, 1.807) is 0 Å². The van der Waals surface area contributed by atoms with E-state index >= 15 is 0 Å². The Kier molecular flexibility index (Phi) is 39.7. The first-order valence-corrected chi connectivity index (χ1v) is 24.7. The number of hydrogen-bond acceptors (Lipinski definition) is 8. The number of unbranched alkanes of at least 4 members (excludes halogenated alkanes) is 28. The number of aliphatic hydroxyl groups excluding tert-OH is 1. The molecule has 12 heteroatoms. The Balaban J connectivity index is 3.77. The first-order chi connectivity index (χ1) is 27.6. The zero-order chi connectivity index (χ0) is 42.1. The number of ether oxygens (including phenoxy) is 1. The van der Waals surface area contributed by atoms with Gasteiger partial charge in [-0.15, -0.1) is 0 Å². The van der Waals surface area contributed by atoms with Crippen LogP contribution in [0.2, 0.25) is 0 Å². The van der Waals surface area contributed by atoms with Crippen LogP contribution in [0.25, 0.3) is 0 Å². The zero-order valence-electron chi connectivity index (χ0n) is 36.4. The van der Waals surface area contributed by atoms with Crippen molar-refractivity contribution in [1.82, 2.24) is 5.32 Å². The third-order valence-corrected chi connectivity index (χ3v) is 11.3. The van der Waals surface area contributed by atoms with Gasteiger partial charge < -0.3 is 25.2 Å². The molecule has 0 aliphatic rings. The molecule has 0 aliphatic heterocycles. The van der Waals surface area contributed by atoms with Crippen LogP contribution in [0.15, 0.2) is 12.2 Å². The van der Waals surface area contributed by atoms with Gasteiger partial charge in [0.15, 0.2) is 6.04 Å². The lowest BCUT2D eigenvalue weighted by atomic mass is 10.0. The number of rotatable bonds is 44. The summed E-state index contributed by atoms with van der Waals surface area (Å²) in [6.07, 6.45) is 41.1. The Labute approximate surface area is 347 Å². The minimum atomic E-state index is -4.75. The fourth-order valence-corrected chi connectivity index (χ4v) is 7.42. The summed E-state index contributed by atoms with van der Waals surface area (Å²) >= 11 is 0. The second-order valence-electron chi connectivity index (χ2n) is 15.9. The summed E-state index contributed by atoms with van der Waals surface area (Å²) in [6, 6.07) is -1.55. The molecule has 0 aromatic rings. The number of aliphatic carboxylic acids is 1. The summed E-state index contributed by atoms with van der Waals surface area (Å²) in [5.74, 6) is -2.37. The predicted octanol–water partition coefficient (Wildman–Crippen LogP) is 12.1. The lowest BCUT2D eigenvalue weighted by molar-refractivity contribution is -0.147. The number of aliphatic hydroxyl groups is 1. The third kappa shape index (κ3) is 40.8. The number of carboxylic acid groups (broad SMARTS) is 1. The van der Waals surface area contributed by atoms with Crippen molar-refractivity contribution in [1.29, 1.82) is 0 Å². The SMILES string of the molecule is CCCC/C=C\CCCCCCCC(=O)NC(COP(=O)(O)OCC(O)COC(=O)CCCCCCCCCCCCCCCCCCCCCCCC)C(=O)O. The van der Waals surface area contributed by atoms with E-state index in [0.717, 1.165) is 57.8 Å². The van der Waals surface area contributed by atoms with Gasteiger partial charge in [0.05, 0.1) is 13.2 Å². The summed E-state index contributed by atoms with van der Waals surface area (Å²) in [7, 11) is -4.75. The van der Waals surface area contributed by atoms with Crippen LogP contribution < -0.4 is 5.32 Å². The van der Waals surface area contributed by atoms with E-state index in [0.29, 0.717) is 12.8 Å². The minimum Gasteiger partial charge on any atom is -0.480 e. The third-order valence-electron chi connectivity index (χ3n) is 10.3. The molecule has 11 nitrogen and oxygen atoms in total. The van der Waals surface area contributed by atoms with E-state index in [-0.39, 0.29) is 12.8 Å². The van der Waals surface area contributed by atoms with Gasteiger partial charge in [-0.2, -0.15) is 0 Å². The van der Waals surface area contributed by atoms with Crippen LogP contribution >= 0.6 is 7.82 Å². The molecule has 0 fully saturated rings. The van der Waals surface area contributed by atoms with Crippen molar-refractivity contribution in [2.75, 3.05) is 19.8 Å². The molecule has 0 radical (unpaired) electrons. The highest BCUT2D eigenvalue weighted by Crippen LogP contribution is 2.43. The van der Waals surface area contributed by atoms with Gasteiger partial charge in [0.25, 0.3) is 0 Å². The van der Waals surface area contributed by atoms with Crippen LogP contribution in [0, 0.1) is 0 Å². The van der Waals surface area contributed by atoms with Crippen LogP contribution in [0.4, 0.5) is 0 Å². The number of carbonyl (C=O) groups excluding carboxylic acids is 2. The van der Waals surface area contributed by atoms with E-state index in [2.05, 4.69) is 31.3 Å². The highest BCUT2D eigenvalue weighted by Gasteiger charge is 2.28. The monoisotopic (exact) mass is 832 g/mol. The van der Waals surface area contributed by atoms with Crippen molar-refractivity contribution in [2.45, 2.75) is 238 Å². The molecule has 336 valence electrons. The highest BCUT2D eigenvalue weighted by atomic mass is 31.2. The lowest BCUT2D eigenvalue weighted by Gasteiger charge is -2.18. The van der Waals surface area contributed by atoms with Gasteiger partial charge in [-0.1, -0.05) is 193 Å². The van der Waals surface area contributed by atoms with Crippen molar-refractivity contribution < 1.29 is 47.8 Å². The Hall–Kier alpha value is -1.78. The van der Waals surface area contributed by atoms with Crippen molar-refractivity contribution in [3.8, 4) is 0 Å². The summed E-state index contributed by atoms with van der Waals surface area (Å²) in [4.78, 5) is 45.8. The van der Waals surface area contributed by atoms with Crippen molar-refractivity contribution >= 4 is 25.7 Å². The van der Waals surface area contributed by atoms with Gasteiger partial charge in [0.1, 0.15) is 12.7 Å². The summed E-state index contributed by atoms with van der Waals surface area (Å²) < 4.78 is 26.8. The molecule has 4 N–H and O–H groups in total. The molecule has 3 atom stereocenters. The molecular weight excluding hydrogens is 745 g/mol. The lowest BCUT2D eigenvalue weighted by Crippen LogP contribution is -2.43. The van der Waals surface area contributed by atoms with E-state index in [4.69, 9.17) is 13.8 Å². The van der Waals surface area contributed by atoms with Gasteiger partial charge >= 0.3 is 19.8 Å². The largest absolute Gasteiger partial charge is 0.480 e. The van der Waals surface area contributed by atoms with Gasteiger partial charge in [-0.3, -0.25) is 18.6 Å². The second kappa shape index (κ2) is 41.0. The molecule has 0 saturated heterocycles. The Morgan fingerprint density at radius 3 is 1.39 bits per heavy atom. The Bertz CT molecular complexity index is 1030. The number of amides is 1. The standard InChI is InChI=1S/C45H86NO10P/c1-3-5-7-9-11-13-15-16-17-18-19-20-21-22-23-24-25-27-29-31-33-35-37-44(49)54-38-41(47)39-55-57(52,53)56-40-42(45(50)51)46-43(48)36-34-32-30-28-26-14-12-10-8-6-4-2/h10,12,41-42,47H,3-9,11,13-40H2,1-2H3,(H,46,48)(H,50,51)(H,52,53)/b12-10-. The average Bonchev–Trinajstić information content (AvgIpc) is 3.18. The van der Waals surface area contributed by atoms with E-state index < -0.39 is 57.6 Å².